The van der Waals surface area contributed by atoms with E-state index in [4.69, 9.17) is 9.84 Å². The number of aliphatic hydroxyl groups excluding tert-OH is 3. The second-order valence-electron chi connectivity index (χ2n) is 16.1. The van der Waals surface area contributed by atoms with Crippen molar-refractivity contribution in [1.29, 1.82) is 0 Å². The summed E-state index contributed by atoms with van der Waals surface area (Å²) < 4.78 is 5.71. The van der Waals surface area contributed by atoms with Crippen LogP contribution in [0.2, 0.25) is 0 Å². The van der Waals surface area contributed by atoms with Crippen LogP contribution in [0.15, 0.2) is 47.1 Å². The fourth-order valence-corrected chi connectivity index (χ4v) is 6.76. The summed E-state index contributed by atoms with van der Waals surface area (Å²) in [4.78, 5) is 10.1. The second-order valence-corrected chi connectivity index (χ2v) is 16.1. The van der Waals surface area contributed by atoms with Gasteiger partial charge in [-0.25, -0.2) is 0 Å². The van der Waals surface area contributed by atoms with E-state index >= 15 is 0 Å². The van der Waals surface area contributed by atoms with Crippen LogP contribution in [-0.2, 0) is 9.53 Å². The van der Waals surface area contributed by atoms with Gasteiger partial charge in [-0.3, -0.25) is 0 Å². The molecule has 5 nitrogen and oxygen atoms in total. The van der Waals surface area contributed by atoms with Gasteiger partial charge in [0.1, 0.15) is 6.29 Å². The van der Waals surface area contributed by atoms with Crippen molar-refractivity contribution in [3.8, 4) is 0 Å². The van der Waals surface area contributed by atoms with E-state index in [1.807, 2.05) is 13.8 Å². The van der Waals surface area contributed by atoms with E-state index in [2.05, 4.69) is 94.0 Å². The van der Waals surface area contributed by atoms with Crippen LogP contribution in [0.5, 0.6) is 0 Å². The third-order valence-electron chi connectivity index (χ3n) is 10.0. The van der Waals surface area contributed by atoms with Gasteiger partial charge in [0.2, 0.25) is 0 Å². The molecule has 0 radical (unpaired) electrons. The summed E-state index contributed by atoms with van der Waals surface area (Å²) >= 11 is 0. The van der Waals surface area contributed by atoms with E-state index in [1.165, 1.54) is 42.4 Å². The molecule has 0 aromatic heterocycles. The predicted molar refractivity (Wildman–Crippen MR) is 213 cm³/mol. The quantitative estimate of drug-likeness (QED) is 0.166. The standard InChI is InChI=1S/C12H24O2.2C10H18O.C10H16.C2H6O/c1-5-14-12(3,4)10-7-6-9(2)8-11(10)13;1-7(2)9-5-4-8(3)6-10(9)11;1-9(2)5-4-6-10(3)7-8-11;1-8(2)10-6-4-9(3)5-7-10;1-2-3/h9-11,13H,5-8H2,1-4H3;8-11H,1,4-6H2,2-3H3;5,8,10H,4,6-7H2,1-3H3;4,6,9H,5,7H2,1-3H3;3H,2H2,1H3/t9-,10?,11-;8-,9+,10-;10-;9-;/m1110./s1. The molecule has 8 atom stereocenters. The molecule has 1 unspecified atom stereocenters. The molecule has 0 amide bonds. The first-order chi connectivity index (χ1) is 22.9. The van der Waals surface area contributed by atoms with Gasteiger partial charge in [-0.1, -0.05) is 75.6 Å². The Bertz CT molecular complexity index is 952. The number of aldehydes is 1. The van der Waals surface area contributed by atoms with Gasteiger partial charge in [0, 0.05) is 31.5 Å². The van der Waals surface area contributed by atoms with Crippen LogP contribution in [0.4, 0.5) is 0 Å². The van der Waals surface area contributed by atoms with Crippen molar-refractivity contribution < 1.29 is 24.9 Å². The molecule has 3 aliphatic rings. The van der Waals surface area contributed by atoms with Gasteiger partial charge < -0.3 is 24.9 Å². The van der Waals surface area contributed by atoms with Gasteiger partial charge >= 0.3 is 0 Å². The molecule has 0 spiro atoms. The zero-order chi connectivity index (χ0) is 38.2. The lowest BCUT2D eigenvalue weighted by atomic mass is 9.73. The van der Waals surface area contributed by atoms with Crippen molar-refractivity contribution in [2.24, 2.45) is 35.5 Å². The largest absolute Gasteiger partial charge is 0.397 e. The van der Waals surface area contributed by atoms with E-state index in [9.17, 15) is 15.0 Å². The van der Waals surface area contributed by atoms with Crippen molar-refractivity contribution in [2.75, 3.05) is 13.2 Å². The highest BCUT2D eigenvalue weighted by Crippen LogP contribution is 2.37. The molecule has 49 heavy (non-hydrogen) atoms. The summed E-state index contributed by atoms with van der Waals surface area (Å²) in [5.41, 5.74) is 5.35. The van der Waals surface area contributed by atoms with Crippen LogP contribution in [-0.4, -0.2) is 52.6 Å². The van der Waals surface area contributed by atoms with E-state index in [-0.39, 0.29) is 24.4 Å². The minimum absolute atomic E-state index is 0.128. The molecular formula is C44H82O5. The highest BCUT2D eigenvalue weighted by Gasteiger charge is 2.38. The molecule has 3 aliphatic carbocycles. The average molecular weight is 691 g/mol. The molecule has 0 aliphatic heterocycles. The van der Waals surface area contributed by atoms with Gasteiger partial charge in [0.15, 0.2) is 0 Å². The zero-order valence-electron chi connectivity index (χ0n) is 34.5. The van der Waals surface area contributed by atoms with Gasteiger partial charge in [0.25, 0.3) is 0 Å². The average Bonchev–Trinajstić information content (AvgIpc) is 2.98. The Balaban J connectivity index is 0. The first-order valence-electron chi connectivity index (χ1n) is 19.5. The van der Waals surface area contributed by atoms with Gasteiger partial charge in [-0.05, 0) is 149 Å². The van der Waals surface area contributed by atoms with E-state index in [1.54, 1.807) is 6.92 Å². The molecule has 5 heteroatoms. The Morgan fingerprint density at radius 1 is 0.959 bits per heavy atom. The third-order valence-corrected chi connectivity index (χ3v) is 10.0. The van der Waals surface area contributed by atoms with Crippen LogP contribution in [0, 0.1) is 35.5 Å². The van der Waals surface area contributed by atoms with Crippen LogP contribution in [0.25, 0.3) is 0 Å². The maximum absolute atomic E-state index is 10.1. The van der Waals surface area contributed by atoms with Crippen molar-refractivity contribution in [3.05, 3.63) is 47.1 Å². The summed E-state index contributed by atoms with van der Waals surface area (Å²) in [5, 5.41) is 27.2. The molecule has 0 saturated heterocycles. The van der Waals surface area contributed by atoms with E-state index < -0.39 is 0 Å². The number of allylic oxidation sites excluding steroid dienone is 6. The molecule has 0 heterocycles. The highest BCUT2D eigenvalue weighted by molar-refractivity contribution is 5.49. The Morgan fingerprint density at radius 2 is 1.51 bits per heavy atom. The molecule has 3 N–H and O–H groups in total. The Kier molecular flexibility index (Phi) is 28.4. The Morgan fingerprint density at radius 3 is 1.92 bits per heavy atom. The lowest BCUT2D eigenvalue weighted by molar-refractivity contribution is -0.111. The van der Waals surface area contributed by atoms with Crippen molar-refractivity contribution in [3.63, 3.8) is 0 Å². The van der Waals surface area contributed by atoms with Gasteiger partial charge in [0.05, 0.1) is 17.8 Å². The molecule has 0 bridgehead atoms. The van der Waals surface area contributed by atoms with E-state index in [0.29, 0.717) is 36.0 Å². The summed E-state index contributed by atoms with van der Waals surface area (Å²) in [6.45, 7) is 32.2. The summed E-state index contributed by atoms with van der Waals surface area (Å²) in [7, 11) is 0. The third kappa shape index (κ3) is 24.3. The maximum Gasteiger partial charge on any atom is 0.120 e. The fraction of sp³-hybridized carbons (Fsp3) is 0.795. The topological polar surface area (TPSA) is 87.0 Å². The SMILES string of the molecule is C=C(C)[C@@H]1CC[C@@H](C)C[C@H]1O.CC(C)=C1C=C[C@H](C)CC1.CC(C)=CCC[C@@H](C)CC=O.CCO.CCOC(C)(C)C1CC[C@@H](C)C[C@H]1O. The fourth-order valence-electron chi connectivity index (χ4n) is 6.76. The normalized spacial score (nSPS) is 26.8. The minimum Gasteiger partial charge on any atom is -0.397 e. The van der Waals surface area contributed by atoms with Crippen molar-refractivity contribution in [1.82, 2.24) is 0 Å². The lowest BCUT2D eigenvalue weighted by Crippen LogP contribution is -2.44. The van der Waals surface area contributed by atoms with Crippen LogP contribution >= 0.6 is 0 Å². The number of carbonyl (C=O) groups is 1. The predicted octanol–water partition coefficient (Wildman–Crippen LogP) is 11.2. The van der Waals surface area contributed by atoms with E-state index in [0.717, 1.165) is 62.9 Å². The lowest BCUT2D eigenvalue weighted by Gasteiger charge is -2.41. The Hall–Kier alpha value is -1.53. The van der Waals surface area contributed by atoms with Crippen LogP contribution in [0.3, 0.4) is 0 Å². The molecule has 2 fully saturated rings. The molecule has 0 aromatic rings. The highest BCUT2D eigenvalue weighted by atomic mass is 16.5. The monoisotopic (exact) mass is 691 g/mol. The minimum atomic E-state index is -0.180. The zero-order valence-corrected chi connectivity index (χ0v) is 34.5. The Labute approximate surface area is 304 Å². The number of ether oxygens (including phenoxy) is 1. The summed E-state index contributed by atoms with van der Waals surface area (Å²) in [6.07, 6.45) is 19.6. The number of hydrogen-bond donors (Lipinski definition) is 3. The first-order valence-corrected chi connectivity index (χ1v) is 19.5. The number of hydrogen-bond acceptors (Lipinski definition) is 5. The van der Waals surface area contributed by atoms with Crippen molar-refractivity contribution in [2.45, 2.75) is 178 Å². The smallest absolute Gasteiger partial charge is 0.120 e. The number of aliphatic hydroxyl groups is 3. The van der Waals surface area contributed by atoms with Gasteiger partial charge in [-0.15, -0.1) is 0 Å². The molecular weight excluding hydrogens is 608 g/mol. The summed E-state index contributed by atoms with van der Waals surface area (Å²) in [5.74, 6) is 3.37. The molecule has 0 aromatic carbocycles. The van der Waals surface area contributed by atoms with Crippen LogP contribution in [0.1, 0.15) is 161 Å². The van der Waals surface area contributed by atoms with Crippen LogP contribution < -0.4 is 0 Å². The molecule has 288 valence electrons. The summed E-state index contributed by atoms with van der Waals surface area (Å²) in [6, 6.07) is 0. The second kappa shape index (κ2) is 28.1. The number of carbonyl (C=O) groups excluding carboxylic acids is 1. The molecule has 2 saturated carbocycles. The van der Waals surface area contributed by atoms with Crippen molar-refractivity contribution >= 4 is 6.29 Å². The first kappa shape index (κ1) is 49.6. The number of rotatable bonds is 9. The van der Waals surface area contributed by atoms with Gasteiger partial charge in [-0.2, -0.15) is 0 Å². The molecule has 3 rings (SSSR count). The maximum atomic E-state index is 10.1.